The molecule has 136 valence electrons. The zero-order chi connectivity index (χ0) is 18.8. The Morgan fingerprint density at radius 3 is 2.26 bits per heavy atom. The highest BCUT2D eigenvalue weighted by Gasteiger charge is 2.75. The molecule has 0 bridgehead atoms. The maximum atomic E-state index is 13.4. The van der Waals surface area contributed by atoms with Gasteiger partial charge in [0.05, 0.1) is 16.8 Å². The number of fused-ring (bicyclic) bond motifs is 1. The van der Waals surface area contributed by atoms with E-state index in [0.29, 0.717) is 5.92 Å². The van der Waals surface area contributed by atoms with Gasteiger partial charge in [-0.25, -0.2) is 4.98 Å². The molecule has 0 N–H and O–H groups in total. The van der Waals surface area contributed by atoms with Crippen molar-refractivity contribution < 1.29 is 4.79 Å². The molecule has 3 aromatic rings. The first-order valence-electron chi connectivity index (χ1n) is 9.42. The van der Waals surface area contributed by atoms with E-state index in [2.05, 4.69) is 68.6 Å². The second-order valence-electron chi connectivity index (χ2n) is 8.13. The predicted molar refractivity (Wildman–Crippen MR) is 111 cm³/mol. The lowest BCUT2D eigenvalue weighted by Gasteiger charge is -2.22. The van der Waals surface area contributed by atoms with Crippen LogP contribution in [0.1, 0.15) is 29.5 Å². The lowest BCUT2D eigenvalue weighted by Crippen LogP contribution is -2.30. The Hall–Kier alpha value is -2.46. The minimum Gasteiger partial charge on any atom is -0.273 e. The average Bonchev–Trinajstić information content (AvgIpc) is 3.43. The standard InChI is InChI=1S/C23H22N2OS/c1-14-4-6-17(7-5-14)20-13-27-22(24-20)25(21(26)23-11-18(23)12-23)19-9-15(2)8-16(3)10-19/h4-10,13,18H,11-12H2,1-3H3. The number of hydrogen-bond acceptors (Lipinski definition) is 3. The summed E-state index contributed by atoms with van der Waals surface area (Å²) in [5.74, 6) is 0.831. The van der Waals surface area contributed by atoms with Crippen molar-refractivity contribution in [3.05, 3.63) is 64.5 Å². The minimum absolute atomic E-state index is 0.0899. The summed E-state index contributed by atoms with van der Waals surface area (Å²) in [5, 5.41) is 2.82. The first-order valence-corrected chi connectivity index (χ1v) is 10.3. The van der Waals surface area contributed by atoms with Gasteiger partial charge in [-0.1, -0.05) is 35.9 Å². The molecule has 0 saturated heterocycles. The van der Waals surface area contributed by atoms with E-state index >= 15 is 0 Å². The van der Waals surface area contributed by atoms with Crippen LogP contribution in [0.2, 0.25) is 0 Å². The Morgan fingerprint density at radius 1 is 1.04 bits per heavy atom. The topological polar surface area (TPSA) is 33.2 Å². The molecule has 5 rings (SSSR count). The zero-order valence-electron chi connectivity index (χ0n) is 15.8. The third-order valence-electron chi connectivity index (χ3n) is 5.81. The monoisotopic (exact) mass is 374 g/mol. The van der Waals surface area contributed by atoms with Crippen LogP contribution in [-0.4, -0.2) is 10.9 Å². The molecule has 0 unspecified atom stereocenters. The van der Waals surface area contributed by atoms with E-state index in [1.165, 1.54) is 16.7 Å². The SMILES string of the molecule is Cc1ccc(-c2csc(N(C(=O)C34CC3C4)c3cc(C)cc(C)c3)n2)cc1. The average molecular weight is 375 g/mol. The highest BCUT2D eigenvalue weighted by molar-refractivity contribution is 7.14. The number of benzene rings is 2. The summed E-state index contributed by atoms with van der Waals surface area (Å²) in [5.41, 5.74) is 6.43. The van der Waals surface area contributed by atoms with Gasteiger partial charge in [0.2, 0.25) is 5.91 Å². The van der Waals surface area contributed by atoms with Gasteiger partial charge < -0.3 is 0 Å². The zero-order valence-corrected chi connectivity index (χ0v) is 16.6. The molecule has 0 atom stereocenters. The smallest absolute Gasteiger partial charge is 0.239 e. The van der Waals surface area contributed by atoms with Gasteiger partial charge in [0.1, 0.15) is 0 Å². The summed E-state index contributed by atoms with van der Waals surface area (Å²) in [7, 11) is 0. The Kier molecular flexibility index (Phi) is 3.57. The normalized spacial score (nSPS) is 22.3. The summed E-state index contributed by atoms with van der Waals surface area (Å²) in [6, 6.07) is 14.7. The lowest BCUT2D eigenvalue weighted by atomic mass is 10.1. The number of rotatable bonds is 4. The first kappa shape index (κ1) is 16.7. The maximum Gasteiger partial charge on any atom is 0.239 e. The molecule has 2 saturated carbocycles. The summed E-state index contributed by atoms with van der Waals surface area (Å²) in [4.78, 5) is 20.1. The fourth-order valence-corrected chi connectivity index (χ4v) is 4.74. The second kappa shape index (κ2) is 5.77. The van der Waals surface area contributed by atoms with Crippen LogP contribution in [0.15, 0.2) is 47.8 Å². The van der Waals surface area contributed by atoms with E-state index in [-0.39, 0.29) is 11.3 Å². The van der Waals surface area contributed by atoms with Crippen molar-refractivity contribution in [3.8, 4) is 11.3 Å². The fraction of sp³-hybridized carbons (Fsp3) is 0.304. The maximum absolute atomic E-state index is 13.4. The molecule has 2 fully saturated rings. The number of carbonyl (C=O) groups excluding carboxylic acids is 1. The molecule has 2 aromatic carbocycles. The van der Waals surface area contributed by atoms with Gasteiger partial charge in [-0.3, -0.25) is 9.69 Å². The number of hydrogen-bond donors (Lipinski definition) is 0. The third kappa shape index (κ3) is 2.79. The molecule has 0 spiro atoms. The van der Waals surface area contributed by atoms with Gasteiger partial charge in [-0.15, -0.1) is 11.3 Å². The predicted octanol–water partition coefficient (Wildman–Crippen LogP) is 5.81. The number of anilines is 2. The van der Waals surface area contributed by atoms with E-state index in [1.807, 2.05) is 4.90 Å². The van der Waals surface area contributed by atoms with Crippen LogP contribution in [0.4, 0.5) is 10.8 Å². The lowest BCUT2D eigenvalue weighted by molar-refractivity contribution is -0.120. The van der Waals surface area contributed by atoms with Gasteiger partial charge in [0, 0.05) is 10.9 Å². The molecule has 3 nitrogen and oxygen atoms in total. The van der Waals surface area contributed by atoms with Crippen LogP contribution in [0.25, 0.3) is 11.3 Å². The largest absolute Gasteiger partial charge is 0.273 e. The van der Waals surface area contributed by atoms with E-state index in [1.54, 1.807) is 11.3 Å². The fourth-order valence-electron chi connectivity index (χ4n) is 3.89. The van der Waals surface area contributed by atoms with Gasteiger partial charge >= 0.3 is 0 Å². The molecule has 1 amide bonds. The van der Waals surface area contributed by atoms with Crippen molar-refractivity contribution >= 4 is 28.1 Å². The Bertz CT molecular complexity index is 1020. The number of aryl methyl sites for hydroxylation is 3. The summed E-state index contributed by atoms with van der Waals surface area (Å²) in [6.45, 7) is 6.24. The van der Waals surface area contributed by atoms with Crippen LogP contribution < -0.4 is 4.90 Å². The Morgan fingerprint density at radius 2 is 1.67 bits per heavy atom. The number of carbonyl (C=O) groups is 1. The number of aromatic nitrogens is 1. The highest BCUT2D eigenvalue weighted by atomic mass is 32.1. The van der Waals surface area contributed by atoms with Crippen LogP contribution in [0, 0.1) is 32.1 Å². The number of nitrogens with zero attached hydrogens (tertiary/aromatic N) is 2. The van der Waals surface area contributed by atoms with Crippen LogP contribution in [-0.2, 0) is 4.79 Å². The van der Waals surface area contributed by atoms with Crippen molar-refractivity contribution in [3.63, 3.8) is 0 Å². The molecule has 1 aromatic heterocycles. The highest BCUT2D eigenvalue weighted by Crippen LogP contribution is 2.76. The molecule has 2 aliphatic rings. The van der Waals surface area contributed by atoms with Gasteiger partial charge in [0.15, 0.2) is 5.13 Å². The molecule has 4 heteroatoms. The third-order valence-corrected chi connectivity index (χ3v) is 6.63. The molecule has 2 aliphatic carbocycles. The quantitative estimate of drug-likeness (QED) is 0.577. The van der Waals surface area contributed by atoms with Crippen molar-refractivity contribution in [2.24, 2.45) is 11.3 Å². The van der Waals surface area contributed by atoms with Crippen LogP contribution in [0.5, 0.6) is 0 Å². The van der Waals surface area contributed by atoms with Crippen molar-refractivity contribution in [2.45, 2.75) is 33.6 Å². The van der Waals surface area contributed by atoms with E-state index in [9.17, 15) is 4.79 Å². The molecule has 0 radical (unpaired) electrons. The van der Waals surface area contributed by atoms with Gasteiger partial charge in [-0.2, -0.15) is 0 Å². The van der Waals surface area contributed by atoms with Crippen LogP contribution in [0.3, 0.4) is 0 Å². The Balaban J connectivity index is 1.56. The van der Waals surface area contributed by atoms with Gasteiger partial charge in [-0.05, 0) is 62.8 Å². The van der Waals surface area contributed by atoms with E-state index < -0.39 is 0 Å². The molecule has 0 aliphatic heterocycles. The molecular weight excluding hydrogens is 352 g/mol. The summed E-state index contributed by atoms with van der Waals surface area (Å²) >= 11 is 1.55. The summed E-state index contributed by atoms with van der Waals surface area (Å²) in [6.07, 6.45) is 2.09. The number of thiazole rings is 1. The molecule has 1 heterocycles. The second-order valence-corrected chi connectivity index (χ2v) is 8.97. The number of amides is 1. The van der Waals surface area contributed by atoms with Crippen LogP contribution >= 0.6 is 11.3 Å². The summed E-state index contributed by atoms with van der Waals surface area (Å²) < 4.78 is 0. The molecular formula is C23H22N2OS. The van der Waals surface area contributed by atoms with E-state index in [0.717, 1.165) is 34.9 Å². The van der Waals surface area contributed by atoms with Crippen molar-refractivity contribution in [1.82, 2.24) is 4.98 Å². The minimum atomic E-state index is -0.0899. The molecule has 27 heavy (non-hydrogen) atoms. The van der Waals surface area contributed by atoms with E-state index in [4.69, 9.17) is 4.98 Å². The van der Waals surface area contributed by atoms with Crippen molar-refractivity contribution in [1.29, 1.82) is 0 Å². The van der Waals surface area contributed by atoms with Crippen molar-refractivity contribution in [2.75, 3.05) is 4.90 Å². The first-order chi connectivity index (χ1) is 13.0. The van der Waals surface area contributed by atoms with Gasteiger partial charge in [0.25, 0.3) is 0 Å². The Labute approximate surface area is 163 Å².